The van der Waals surface area contributed by atoms with Crippen LogP contribution in [0.2, 0.25) is 0 Å². The fraction of sp³-hybridized carbons (Fsp3) is 0. The minimum atomic E-state index is -2.46. The van der Waals surface area contributed by atoms with Crippen LogP contribution >= 0.6 is 31.9 Å². The van der Waals surface area contributed by atoms with Gasteiger partial charge in [-0.05, 0) is 31.9 Å². The van der Waals surface area contributed by atoms with Crippen molar-refractivity contribution in [3.05, 3.63) is 55.5 Å². The molecule has 0 saturated carbocycles. The summed E-state index contributed by atoms with van der Waals surface area (Å²) in [5.41, 5.74) is -3.07. The van der Waals surface area contributed by atoms with Crippen molar-refractivity contribution in [1.29, 1.82) is 0 Å². The lowest BCUT2D eigenvalue weighted by atomic mass is 10.0. The summed E-state index contributed by atoms with van der Waals surface area (Å²) in [6.45, 7) is 0. The van der Waals surface area contributed by atoms with E-state index in [1.165, 1.54) is 0 Å². The van der Waals surface area contributed by atoms with Gasteiger partial charge >= 0.3 is 0 Å². The molecule has 0 aromatic heterocycles. The van der Waals surface area contributed by atoms with Crippen molar-refractivity contribution in [2.24, 2.45) is 0 Å². The second kappa shape index (κ2) is 5.80. The Hall–Kier alpha value is -1.16. The Labute approximate surface area is 134 Å². The van der Waals surface area contributed by atoms with Crippen molar-refractivity contribution in [3.63, 3.8) is 0 Å². The minimum Gasteiger partial charge on any atom is -0.203 e. The predicted molar refractivity (Wildman–Crippen MR) is 66.9 cm³/mol. The first-order valence-corrected chi connectivity index (χ1v) is 6.73. The van der Waals surface area contributed by atoms with Crippen molar-refractivity contribution in [3.8, 4) is 11.1 Å². The smallest absolute Gasteiger partial charge is 0.200 e. The molecule has 0 saturated heterocycles. The topological polar surface area (TPSA) is 0 Å². The van der Waals surface area contributed by atoms with Crippen LogP contribution in [0.15, 0.2) is 8.95 Å². The van der Waals surface area contributed by atoms with Gasteiger partial charge in [0.25, 0.3) is 0 Å². The molecule has 0 radical (unpaired) electrons. The minimum absolute atomic E-state index is 0.757. The molecule has 2 aromatic carbocycles. The molecule has 118 valence electrons. The monoisotopic (exact) mass is 454 g/mol. The van der Waals surface area contributed by atoms with Crippen LogP contribution in [0.5, 0.6) is 0 Å². The highest BCUT2D eigenvalue weighted by molar-refractivity contribution is 9.13. The van der Waals surface area contributed by atoms with Crippen molar-refractivity contribution in [1.82, 2.24) is 0 Å². The molecule has 0 fully saturated rings. The standard InChI is InChI=1S/C12Br2F8/c13-3-1(5(15)9(19)8(18)4(3)14)2-6(16)10(20)12(22)11(21)7(2)17. The van der Waals surface area contributed by atoms with E-state index in [1.54, 1.807) is 0 Å². The van der Waals surface area contributed by atoms with Gasteiger partial charge in [0.15, 0.2) is 40.7 Å². The molecule has 0 aliphatic rings. The first-order valence-electron chi connectivity index (χ1n) is 5.14. The first-order chi connectivity index (χ1) is 10.1. The van der Waals surface area contributed by atoms with Gasteiger partial charge < -0.3 is 0 Å². The molecule has 0 unspecified atom stereocenters. The van der Waals surface area contributed by atoms with Gasteiger partial charge in [-0.2, -0.15) is 0 Å². The largest absolute Gasteiger partial charge is 0.203 e. The summed E-state index contributed by atoms with van der Waals surface area (Å²) in [4.78, 5) is 0. The van der Waals surface area contributed by atoms with Gasteiger partial charge in [-0.15, -0.1) is 0 Å². The zero-order valence-corrected chi connectivity index (χ0v) is 13.0. The van der Waals surface area contributed by atoms with E-state index < -0.39 is 66.6 Å². The molecule has 0 bridgehead atoms. The molecule has 0 N–H and O–H groups in total. The Bertz CT molecular complexity index is 677. The van der Waals surface area contributed by atoms with Crippen LogP contribution in [0, 0.1) is 46.5 Å². The van der Waals surface area contributed by atoms with Gasteiger partial charge in [-0.25, -0.2) is 35.1 Å². The number of benzene rings is 2. The third-order valence-electron chi connectivity index (χ3n) is 2.67. The predicted octanol–water partition coefficient (Wildman–Crippen LogP) is 5.99. The zero-order chi connectivity index (χ0) is 16.9. The molecule has 0 aliphatic carbocycles. The van der Waals surface area contributed by atoms with Gasteiger partial charge in [0.1, 0.15) is 0 Å². The summed E-state index contributed by atoms with van der Waals surface area (Å²) in [7, 11) is 0. The quantitative estimate of drug-likeness (QED) is 0.281. The molecular formula is C12Br2F8. The van der Waals surface area contributed by atoms with Crippen LogP contribution in [-0.4, -0.2) is 0 Å². The zero-order valence-electron chi connectivity index (χ0n) is 9.78. The molecule has 0 spiro atoms. The van der Waals surface area contributed by atoms with Crippen LogP contribution in [0.25, 0.3) is 11.1 Å². The SMILES string of the molecule is Fc1c(F)c(F)c(-c2c(F)c(F)c(F)c(Br)c2Br)c(F)c1F. The maximum Gasteiger partial charge on any atom is 0.200 e. The number of rotatable bonds is 1. The molecule has 0 aliphatic heterocycles. The van der Waals surface area contributed by atoms with Crippen LogP contribution < -0.4 is 0 Å². The highest BCUT2D eigenvalue weighted by Gasteiger charge is 2.32. The lowest BCUT2D eigenvalue weighted by molar-refractivity contribution is 0.380. The molecule has 2 rings (SSSR count). The van der Waals surface area contributed by atoms with E-state index in [0.29, 0.717) is 0 Å². The summed E-state index contributed by atoms with van der Waals surface area (Å²) in [6, 6.07) is 0. The van der Waals surface area contributed by atoms with E-state index >= 15 is 0 Å². The fourth-order valence-electron chi connectivity index (χ4n) is 1.65. The Morgan fingerprint density at radius 1 is 0.364 bits per heavy atom. The summed E-state index contributed by atoms with van der Waals surface area (Å²) in [5, 5.41) is 0. The summed E-state index contributed by atoms with van der Waals surface area (Å²) >= 11 is 5.00. The Kier molecular flexibility index (Phi) is 4.54. The summed E-state index contributed by atoms with van der Waals surface area (Å²) < 4.78 is 105. The average molecular weight is 456 g/mol. The Morgan fingerprint density at radius 2 is 0.682 bits per heavy atom. The van der Waals surface area contributed by atoms with Crippen molar-refractivity contribution in [2.45, 2.75) is 0 Å². The number of hydrogen-bond acceptors (Lipinski definition) is 0. The second-order valence-corrected chi connectivity index (χ2v) is 5.48. The van der Waals surface area contributed by atoms with Crippen LogP contribution in [0.1, 0.15) is 0 Å². The molecule has 0 heterocycles. The average Bonchev–Trinajstić information content (AvgIpc) is 2.50. The summed E-state index contributed by atoms with van der Waals surface area (Å²) in [6.07, 6.45) is 0. The van der Waals surface area contributed by atoms with Gasteiger partial charge in [-0.1, -0.05) is 0 Å². The second-order valence-electron chi connectivity index (χ2n) is 3.89. The van der Waals surface area contributed by atoms with Crippen LogP contribution in [-0.2, 0) is 0 Å². The van der Waals surface area contributed by atoms with E-state index in [2.05, 4.69) is 31.9 Å². The maximum absolute atomic E-state index is 13.8. The van der Waals surface area contributed by atoms with E-state index in [0.717, 1.165) is 0 Å². The molecular weight excluding hydrogens is 456 g/mol. The third-order valence-corrected chi connectivity index (χ3v) is 4.74. The molecule has 2 aromatic rings. The lowest BCUT2D eigenvalue weighted by Crippen LogP contribution is -2.07. The number of hydrogen-bond donors (Lipinski definition) is 0. The van der Waals surface area contributed by atoms with Crippen molar-refractivity contribution < 1.29 is 35.1 Å². The summed E-state index contributed by atoms with van der Waals surface area (Å²) in [5.74, 6) is -17.9. The third kappa shape index (κ3) is 2.32. The van der Waals surface area contributed by atoms with E-state index in [9.17, 15) is 35.1 Å². The molecule has 10 heteroatoms. The molecule has 22 heavy (non-hydrogen) atoms. The van der Waals surface area contributed by atoms with Crippen LogP contribution in [0.4, 0.5) is 35.1 Å². The van der Waals surface area contributed by atoms with Gasteiger partial charge in [0.2, 0.25) is 5.82 Å². The first kappa shape index (κ1) is 17.2. The Morgan fingerprint density at radius 3 is 1.14 bits per heavy atom. The highest BCUT2D eigenvalue weighted by atomic mass is 79.9. The lowest BCUT2D eigenvalue weighted by Gasteiger charge is -2.13. The van der Waals surface area contributed by atoms with Crippen molar-refractivity contribution in [2.75, 3.05) is 0 Å². The van der Waals surface area contributed by atoms with Gasteiger partial charge in [-0.3, -0.25) is 0 Å². The van der Waals surface area contributed by atoms with Gasteiger partial charge in [0.05, 0.1) is 10.0 Å². The van der Waals surface area contributed by atoms with E-state index in [1.807, 2.05) is 0 Å². The Balaban J connectivity index is 3.03. The van der Waals surface area contributed by atoms with E-state index in [4.69, 9.17) is 0 Å². The highest BCUT2D eigenvalue weighted by Crippen LogP contribution is 2.42. The van der Waals surface area contributed by atoms with Gasteiger partial charge in [0, 0.05) is 10.0 Å². The fourth-order valence-corrected chi connectivity index (χ4v) is 2.57. The van der Waals surface area contributed by atoms with E-state index in [-0.39, 0.29) is 0 Å². The van der Waals surface area contributed by atoms with Crippen molar-refractivity contribution >= 4 is 31.9 Å². The number of halogens is 10. The molecule has 0 atom stereocenters. The van der Waals surface area contributed by atoms with Crippen LogP contribution in [0.3, 0.4) is 0 Å². The maximum atomic E-state index is 13.8. The normalized spacial score (nSPS) is 11.2. The molecule has 0 amide bonds. The molecule has 0 nitrogen and oxygen atoms in total.